The number of furan rings is 2. The number of rotatable bonds is 4. The van der Waals surface area contributed by atoms with Gasteiger partial charge in [-0.3, -0.25) is 10.2 Å². The van der Waals surface area contributed by atoms with E-state index in [0.717, 1.165) is 114 Å². The molecule has 10 rings (SSSR count). The molecule has 8 heterocycles. The molecule has 0 spiro atoms. The van der Waals surface area contributed by atoms with Crippen molar-refractivity contribution in [1.82, 2.24) is 40.3 Å². The lowest BCUT2D eigenvalue weighted by molar-refractivity contribution is 0.483. The van der Waals surface area contributed by atoms with E-state index in [9.17, 15) is 0 Å². The van der Waals surface area contributed by atoms with Crippen LogP contribution in [0, 0.1) is 48.3 Å². The summed E-state index contributed by atoms with van der Waals surface area (Å²) in [6.07, 6.45) is 6.58. The molecule has 17 heteroatoms. The highest BCUT2D eigenvalue weighted by atomic mass is 35.5. The molecule has 0 saturated carbocycles. The van der Waals surface area contributed by atoms with Gasteiger partial charge in [0, 0.05) is 83.7 Å². The summed E-state index contributed by atoms with van der Waals surface area (Å²) < 4.78 is 11.1. The normalized spacial score (nSPS) is 14.9. The van der Waals surface area contributed by atoms with Crippen LogP contribution in [0.5, 0.6) is 0 Å². The molecule has 16 nitrogen and oxygen atoms in total. The van der Waals surface area contributed by atoms with Crippen LogP contribution < -0.4 is 20.9 Å². The smallest absolute Gasteiger partial charge is 0.229 e. The van der Waals surface area contributed by atoms with Gasteiger partial charge in [-0.1, -0.05) is 0 Å². The van der Waals surface area contributed by atoms with Gasteiger partial charge >= 0.3 is 0 Å². The zero-order valence-corrected chi connectivity index (χ0v) is 32.1. The number of hydrogen-bond acceptors (Lipinski definition) is 14. The molecule has 2 aliphatic heterocycles. The fraction of sp³-hybridized carbons (Fsp3) is 0.300. The van der Waals surface area contributed by atoms with Gasteiger partial charge in [0.25, 0.3) is 0 Å². The molecule has 0 radical (unpaired) electrons. The van der Waals surface area contributed by atoms with Crippen molar-refractivity contribution in [3.63, 3.8) is 0 Å². The molecule has 0 bridgehead atoms. The minimum absolute atomic E-state index is 0.117. The van der Waals surface area contributed by atoms with Gasteiger partial charge in [-0.05, 0) is 87.5 Å². The quantitative estimate of drug-likeness (QED) is 0.0981. The monoisotopic (exact) mass is 782 g/mol. The molecule has 57 heavy (non-hydrogen) atoms. The van der Waals surface area contributed by atoms with E-state index in [0.29, 0.717) is 22.6 Å². The number of H-pyrrole nitrogens is 2. The van der Waals surface area contributed by atoms with E-state index in [-0.39, 0.29) is 17.1 Å². The van der Waals surface area contributed by atoms with Crippen molar-refractivity contribution < 1.29 is 8.83 Å². The third kappa shape index (κ3) is 7.94. The van der Waals surface area contributed by atoms with E-state index in [4.69, 9.17) is 41.7 Å². The molecule has 6 aromatic heterocycles. The summed E-state index contributed by atoms with van der Waals surface area (Å²) in [6, 6.07) is 20.0. The lowest BCUT2D eigenvalue weighted by Crippen LogP contribution is -2.34. The van der Waals surface area contributed by atoms with Gasteiger partial charge in [-0.2, -0.15) is 30.7 Å². The van der Waals surface area contributed by atoms with Crippen molar-refractivity contribution in [2.75, 3.05) is 47.0 Å². The Kier molecular flexibility index (Phi) is 10.4. The second-order valence-corrected chi connectivity index (χ2v) is 14.4. The van der Waals surface area contributed by atoms with Crippen LogP contribution in [0.25, 0.3) is 44.0 Å². The topological polar surface area (TPSA) is 227 Å². The molecule has 0 aliphatic carbocycles. The largest absolute Gasteiger partial charge is 0.459 e. The van der Waals surface area contributed by atoms with Crippen molar-refractivity contribution in [3.8, 4) is 12.1 Å². The van der Waals surface area contributed by atoms with E-state index in [1.807, 2.05) is 56.3 Å². The number of nitrogens with two attached hydrogens (primary N) is 1. The van der Waals surface area contributed by atoms with Crippen LogP contribution in [0.3, 0.4) is 0 Å². The van der Waals surface area contributed by atoms with E-state index < -0.39 is 0 Å². The van der Waals surface area contributed by atoms with E-state index in [1.165, 1.54) is 0 Å². The molecule has 2 saturated heterocycles. The van der Waals surface area contributed by atoms with Crippen LogP contribution in [0.1, 0.15) is 37.1 Å². The number of fused-ring (bicyclic) bond motifs is 4. The third-order valence-electron chi connectivity index (χ3n) is 10.3. The minimum atomic E-state index is 0.117. The molecular weight excluding hydrogens is 744 g/mol. The number of nitrogen functional groups attached to an aromatic ring is 1. The fourth-order valence-corrected chi connectivity index (χ4v) is 7.28. The molecule has 5 N–H and O–H groups in total. The zero-order valence-electron chi connectivity index (χ0n) is 31.3. The number of piperidine rings is 2. The van der Waals surface area contributed by atoms with Crippen molar-refractivity contribution in [1.29, 1.82) is 10.5 Å². The number of aromatic amines is 2. The number of anilines is 5. The van der Waals surface area contributed by atoms with E-state index >= 15 is 0 Å². The molecule has 8 aromatic rings. The summed E-state index contributed by atoms with van der Waals surface area (Å²) in [5.74, 6) is 2.27. The molecule has 0 atom stereocenters. The molecule has 288 valence electrons. The second-order valence-electron chi connectivity index (χ2n) is 14.1. The molecule has 2 fully saturated rings. The first kappa shape index (κ1) is 37.0. The Morgan fingerprint density at radius 1 is 0.702 bits per heavy atom. The van der Waals surface area contributed by atoms with E-state index in [2.05, 4.69) is 62.6 Å². The van der Waals surface area contributed by atoms with Crippen LogP contribution in [0.15, 0.2) is 69.9 Å². The van der Waals surface area contributed by atoms with Gasteiger partial charge in [0.05, 0.1) is 35.7 Å². The average Bonchev–Trinajstić information content (AvgIpc) is 4.06. The number of nitriles is 2. The number of halogens is 1. The van der Waals surface area contributed by atoms with Crippen molar-refractivity contribution in [2.24, 2.45) is 11.8 Å². The first-order chi connectivity index (χ1) is 27.8. The van der Waals surface area contributed by atoms with Gasteiger partial charge in [0.2, 0.25) is 11.2 Å². The Morgan fingerprint density at radius 3 is 1.81 bits per heavy atom. The first-order valence-corrected chi connectivity index (χ1v) is 19.0. The lowest BCUT2D eigenvalue weighted by atomic mass is 9.99. The Bertz CT molecular complexity index is 2760. The number of nitrogens with zero attached hydrogens (tertiary/aromatic N) is 10. The number of nitrogens with one attached hydrogen (secondary N) is 3. The maximum absolute atomic E-state index is 9.14. The summed E-state index contributed by atoms with van der Waals surface area (Å²) in [7, 11) is 0. The van der Waals surface area contributed by atoms with Gasteiger partial charge in [0.15, 0.2) is 22.8 Å². The first-order valence-electron chi connectivity index (χ1n) is 18.6. The minimum Gasteiger partial charge on any atom is -0.459 e. The Balaban J connectivity index is 0.000000133. The highest BCUT2D eigenvalue weighted by molar-refractivity contribution is 6.28. The second kappa shape index (κ2) is 16.1. The van der Waals surface area contributed by atoms with Crippen LogP contribution in [0.2, 0.25) is 5.28 Å². The van der Waals surface area contributed by atoms with E-state index in [1.54, 1.807) is 18.6 Å². The van der Waals surface area contributed by atoms with Crippen LogP contribution in [0.4, 0.5) is 29.0 Å². The molecule has 2 aliphatic rings. The summed E-state index contributed by atoms with van der Waals surface area (Å²) in [6.45, 7) is 7.14. The number of aromatic nitrogens is 8. The van der Waals surface area contributed by atoms with Crippen LogP contribution in [-0.4, -0.2) is 66.5 Å². The fourth-order valence-electron chi connectivity index (χ4n) is 7.11. The Hall–Kier alpha value is -6.91. The molecular formula is C40H39ClN14O2. The number of benzene rings is 2. The number of aryl methyl sites for hydroxylation is 2. The molecule has 2 aromatic carbocycles. The molecule has 0 amide bonds. The van der Waals surface area contributed by atoms with Crippen molar-refractivity contribution in [2.45, 2.75) is 39.5 Å². The maximum atomic E-state index is 9.14. The van der Waals surface area contributed by atoms with Crippen molar-refractivity contribution in [3.05, 3.63) is 77.7 Å². The number of hydrogen-bond donors (Lipinski definition) is 4. The lowest BCUT2D eigenvalue weighted by Gasteiger charge is -2.30. The van der Waals surface area contributed by atoms with Crippen LogP contribution >= 0.6 is 11.6 Å². The standard InChI is InChI=1S/C20H19N7O.C12H11ClN4O.C8H9N3/c1-12-15-3-2-14(10-17(15)26-25-12)22-20-23-16-6-9-28-18(16)19(24-20)27-7-4-13(11-21)5-8-27;13-12-15-9-3-6-18-10(9)11(16-12)17-4-1-8(7-14)2-5-17;1-5-7-3-2-6(9)4-8(7)11-10-5/h2-3,6,9-10,13H,4-5,7-8H2,1H3,(H,25,26)(H,22,23,24);3,6,8H,1-2,4-5H2;2-4H,9H2,1H3,(H,10,11). The predicted molar refractivity (Wildman–Crippen MR) is 219 cm³/mol. The summed E-state index contributed by atoms with van der Waals surface area (Å²) in [5.41, 5.74) is 14.0. The maximum Gasteiger partial charge on any atom is 0.229 e. The van der Waals surface area contributed by atoms with Crippen LogP contribution in [-0.2, 0) is 0 Å². The Labute approximate surface area is 331 Å². The van der Waals surface area contributed by atoms with Gasteiger partial charge in [-0.15, -0.1) is 0 Å². The van der Waals surface area contributed by atoms with Gasteiger partial charge in [-0.25, -0.2) is 9.97 Å². The SMILES string of the molecule is Cc1[nH]nc2cc(N)ccc12.Cc1[nH]nc2cc(Nc3nc(N4CCC(C#N)CC4)c4occc4n3)ccc12.N#CC1CCN(c2nc(Cl)nc3ccoc23)CC1. The van der Waals surface area contributed by atoms with Gasteiger partial charge < -0.3 is 29.7 Å². The summed E-state index contributed by atoms with van der Waals surface area (Å²) in [4.78, 5) is 21.9. The average molecular weight is 783 g/mol. The van der Waals surface area contributed by atoms with Crippen molar-refractivity contribution >= 4 is 84.6 Å². The summed E-state index contributed by atoms with van der Waals surface area (Å²) >= 11 is 5.91. The zero-order chi connectivity index (χ0) is 39.5. The third-order valence-corrected chi connectivity index (χ3v) is 10.4. The summed E-state index contributed by atoms with van der Waals surface area (Å²) in [5, 5.41) is 38.1. The predicted octanol–water partition coefficient (Wildman–Crippen LogP) is 7.96. The molecule has 0 unspecified atom stereocenters. The highest BCUT2D eigenvalue weighted by Gasteiger charge is 2.25. The Morgan fingerprint density at radius 2 is 1.23 bits per heavy atom. The highest BCUT2D eigenvalue weighted by Crippen LogP contribution is 2.32. The van der Waals surface area contributed by atoms with Gasteiger partial charge in [0.1, 0.15) is 11.0 Å².